The zero-order chi connectivity index (χ0) is 19.0. The average Bonchev–Trinajstić information content (AvgIpc) is 3.03. The van der Waals surface area contributed by atoms with Crippen LogP contribution in [0.25, 0.3) is 5.65 Å². The standard InChI is InChI=1S/C22H26N4O/c1-4-20-17(3)26-15-18(8-9-21(26)23-20)22(27)25-12-10-24(11-13-25)19-7-5-6-16(2)14-19/h5-9,14-15H,4,10-13H2,1-3H3. The van der Waals surface area contributed by atoms with Crippen LogP contribution in [0.5, 0.6) is 0 Å². The number of nitrogens with zero attached hydrogens (tertiary/aromatic N) is 4. The number of benzene rings is 1. The van der Waals surface area contributed by atoms with Crippen molar-refractivity contribution in [2.75, 3.05) is 31.1 Å². The fraction of sp³-hybridized carbons (Fsp3) is 0.364. The molecule has 4 rings (SSSR count). The second kappa shape index (κ2) is 7.06. The van der Waals surface area contributed by atoms with Crippen molar-refractivity contribution in [2.45, 2.75) is 27.2 Å². The molecule has 0 saturated carbocycles. The molecule has 0 atom stereocenters. The van der Waals surface area contributed by atoms with E-state index in [4.69, 9.17) is 0 Å². The lowest BCUT2D eigenvalue weighted by atomic mass is 10.1. The van der Waals surface area contributed by atoms with Gasteiger partial charge in [-0.2, -0.15) is 0 Å². The minimum absolute atomic E-state index is 0.104. The van der Waals surface area contributed by atoms with Crippen LogP contribution in [0.15, 0.2) is 42.6 Å². The van der Waals surface area contributed by atoms with Crippen LogP contribution >= 0.6 is 0 Å². The number of rotatable bonds is 3. The summed E-state index contributed by atoms with van der Waals surface area (Å²) in [4.78, 5) is 21.9. The van der Waals surface area contributed by atoms with Gasteiger partial charge in [-0.05, 0) is 50.1 Å². The molecule has 0 N–H and O–H groups in total. The number of carbonyl (C=O) groups is 1. The summed E-state index contributed by atoms with van der Waals surface area (Å²) in [5, 5.41) is 0. The summed E-state index contributed by atoms with van der Waals surface area (Å²) in [5.74, 6) is 0.104. The fourth-order valence-corrected chi connectivity index (χ4v) is 3.85. The maximum Gasteiger partial charge on any atom is 0.255 e. The molecule has 1 aromatic carbocycles. The van der Waals surface area contributed by atoms with E-state index in [2.05, 4.69) is 54.9 Å². The van der Waals surface area contributed by atoms with E-state index in [1.165, 1.54) is 11.3 Å². The van der Waals surface area contributed by atoms with E-state index in [0.29, 0.717) is 0 Å². The van der Waals surface area contributed by atoms with Gasteiger partial charge < -0.3 is 14.2 Å². The number of anilines is 1. The molecule has 1 aliphatic heterocycles. The second-order valence-corrected chi connectivity index (χ2v) is 7.26. The highest BCUT2D eigenvalue weighted by Crippen LogP contribution is 2.19. The molecule has 1 aliphatic rings. The van der Waals surface area contributed by atoms with E-state index in [1.54, 1.807) is 0 Å². The van der Waals surface area contributed by atoms with Crippen molar-refractivity contribution in [1.29, 1.82) is 0 Å². The van der Waals surface area contributed by atoms with Gasteiger partial charge in [0.05, 0.1) is 11.3 Å². The number of carbonyl (C=O) groups excluding carboxylic acids is 1. The molecule has 0 radical (unpaired) electrons. The second-order valence-electron chi connectivity index (χ2n) is 7.26. The molecule has 27 heavy (non-hydrogen) atoms. The number of pyridine rings is 1. The third-order valence-corrected chi connectivity index (χ3v) is 5.47. The highest BCUT2D eigenvalue weighted by molar-refractivity contribution is 5.94. The Kier molecular flexibility index (Phi) is 4.60. The number of imidazole rings is 1. The van der Waals surface area contributed by atoms with Crippen LogP contribution in [-0.2, 0) is 6.42 Å². The Balaban J connectivity index is 1.49. The first-order valence-electron chi connectivity index (χ1n) is 9.65. The van der Waals surface area contributed by atoms with Crippen molar-refractivity contribution in [3.05, 3.63) is 65.1 Å². The Morgan fingerprint density at radius 3 is 2.56 bits per heavy atom. The van der Waals surface area contributed by atoms with Crippen molar-refractivity contribution in [1.82, 2.24) is 14.3 Å². The zero-order valence-corrected chi connectivity index (χ0v) is 16.3. The molecular weight excluding hydrogens is 336 g/mol. The van der Waals surface area contributed by atoms with Gasteiger partial charge in [-0.3, -0.25) is 4.79 Å². The summed E-state index contributed by atoms with van der Waals surface area (Å²) in [5.41, 5.74) is 6.35. The van der Waals surface area contributed by atoms with Gasteiger partial charge in [0.25, 0.3) is 5.91 Å². The number of hydrogen-bond acceptors (Lipinski definition) is 3. The smallest absolute Gasteiger partial charge is 0.255 e. The normalized spacial score (nSPS) is 14.8. The highest BCUT2D eigenvalue weighted by Gasteiger charge is 2.23. The predicted octanol–water partition coefficient (Wildman–Crippen LogP) is 3.48. The first kappa shape index (κ1) is 17.6. The van der Waals surface area contributed by atoms with Gasteiger partial charge in [-0.15, -0.1) is 0 Å². The van der Waals surface area contributed by atoms with Gasteiger partial charge in [0.15, 0.2) is 0 Å². The average molecular weight is 362 g/mol. The Bertz CT molecular complexity index is 983. The summed E-state index contributed by atoms with van der Waals surface area (Å²) in [7, 11) is 0. The SMILES string of the molecule is CCc1nc2ccc(C(=O)N3CCN(c4cccc(C)c4)CC3)cn2c1C. The van der Waals surface area contributed by atoms with E-state index in [1.807, 2.05) is 27.6 Å². The highest BCUT2D eigenvalue weighted by atomic mass is 16.2. The number of aryl methyl sites for hydroxylation is 3. The minimum atomic E-state index is 0.104. The van der Waals surface area contributed by atoms with E-state index in [0.717, 1.165) is 55.2 Å². The number of amides is 1. The first-order chi connectivity index (χ1) is 13.1. The molecule has 5 nitrogen and oxygen atoms in total. The summed E-state index contributed by atoms with van der Waals surface area (Å²) >= 11 is 0. The van der Waals surface area contributed by atoms with Crippen LogP contribution in [-0.4, -0.2) is 46.4 Å². The topological polar surface area (TPSA) is 40.9 Å². The van der Waals surface area contributed by atoms with Crippen molar-refractivity contribution >= 4 is 17.2 Å². The summed E-state index contributed by atoms with van der Waals surface area (Å²) < 4.78 is 2.04. The number of fused-ring (bicyclic) bond motifs is 1. The Morgan fingerprint density at radius 2 is 1.85 bits per heavy atom. The number of hydrogen-bond donors (Lipinski definition) is 0. The van der Waals surface area contributed by atoms with Gasteiger partial charge in [0, 0.05) is 43.8 Å². The summed E-state index contributed by atoms with van der Waals surface area (Å²) in [6.45, 7) is 9.49. The molecule has 2 aromatic heterocycles. The molecule has 140 valence electrons. The molecule has 3 aromatic rings. The predicted molar refractivity (Wildman–Crippen MR) is 109 cm³/mol. The molecule has 0 spiro atoms. The van der Waals surface area contributed by atoms with E-state index in [-0.39, 0.29) is 5.91 Å². The Morgan fingerprint density at radius 1 is 1.07 bits per heavy atom. The van der Waals surface area contributed by atoms with Crippen molar-refractivity contribution in [3.63, 3.8) is 0 Å². The maximum absolute atomic E-state index is 13.0. The zero-order valence-electron chi connectivity index (χ0n) is 16.3. The van der Waals surface area contributed by atoms with Crippen molar-refractivity contribution in [3.8, 4) is 0 Å². The van der Waals surface area contributed by atoms with Crippen LogP contribution < -0.4 is 4.90 Å². The fourth-order valence-electron chi connectivity index (χ4n) is 3.85. The van der Waals surface area contributed by atoms with E-state index >= 15 is 0 Å². The lowest BCUT2D eigenvalue weighted by Crippen LogP contribution is -2.48. The Hall–Kier alpha value is -2.82. The molecule has 3 heterocycles. The number of piperazine rings is 1. The lowest BCUT2D eigenvalue weighted by molar-refractivity contribution is 0.0746. The summed E-state index contributed by atoms with van der Waals surface area (Å²) in [6, 6.07) is 12.4. The van der Waals surface area contributed by atoms with Gasteiger partial charge in [-0.1, -0.05) is 19.1 Å². The van der Waals surface area contributed by atoms with Crippen LogP contribution in [0, 0.1) is 13.8 Å². The van der Waals surface area contributed by atoms with Crippen LogP contribution in [0.1, 0.15) is 34.2 Å². The molecule has 1 saturated heterocycles. The molecule has 1 fully saturated rings. The molecular formula is C22H26N4O. The molecule has 1 amide bonds. The van der Waals surface area contributed by atoms with Gasteiger partial charge in [0.1, 0.15) is 5.65 Å². The van der Waals surface area contributed by atoms with Gasteiger partial charge >= 0.3 is 0 Å². The molecule has 0 unspecified atom stereocenters. The van der Waals surface area contributed by atoms with Crippen LogP contribution in [0.3, 0.4) is 0 Å². The first-order valence-corrected chi connectivity index (χ1v) is 9.65. The quantitative estimate of drug-likeness (QED) is 0.716. The molecule has 0 bridgehead atoms. The van der Waals surface area contributed by atoms with Gasteiger partial charge in [0.2, 0.25) is 0 Å². The van der Waals surface area contributed by atoms with Crippen molar-refractivity contribution in [2.24, 2.45) is 0 Å². The largest absolute Gasteiger partial charge is 0.368 e. The lowest BCUT2D eigenvalue weighted by Gasteiger charge is -2.36. The number of aromatic nitrogens is 2. The van der Waals surface area contributed by atoms with Gasteiger partial charge in [-0.25, -0.2) is 4.98 Å². The maximum atomic E-state index is 13.0. The van der Waals surface area contributed by atoms with E-state index in [9.17, 15) is 4.79 Å². The van der Waals surface area contributed by atoms with Crippen LogP contribution in [0.2, 0.25) is 0 Å². The van der Waals surface area contributed by atoms with Crippen molar-refractivity contribution < 1.29 is 4.79 Å². The molecule has 5 heteroatoms. The van der Waals surface area contributed by atoms with Crippen LogP contribution in [0.4, 0.5) is 5.69 Å². The minimum Gasteiger partial charge on any atom is -0.368 e. The third-order valence-electron chi connectivity index (χ3n) is 5.47. The Labute approximate surface area is 160 Å². The summed E-state index contributed by atoms with van der Waals surface area (Å²) in [6.07, 6.45) is 2.84. The molecule has 0 aliphatic carbocycles. The third kappa shape index (κ3) is 3.29. The van der Waals surface area contributed by atoms with E-state index < -0.39 is 0 Å². The monoisotopic (exact) mass is 362 g/mol.